The van der Waals surface area contributed by atoms with Crippen molar-refractivity contribution in [2.45, 2.75) is 45.3 Å². The lowest BCUT2D eigenvalue weighted by molar-refractivity contribution is 0.0507. The van der Waals surface area contributed by atoms with Gasteiger partial charge in [-0.15, -0.1) is 11.3 Å². The molecule has 0 saturated carbocycles. The van der Waals surface area contributed by atoms with Crippen molar-refractivity contribution in [3.8, 4) is 10.6 Å². The number of benzene rings is 1. The van der Waals surface area contributed by atoms with Gasteiger partial charge >= 0.3 is 6.09 Å². The van der Waals surface area contributed by atoms with Crippen LogP contribution in [-0.2, 0) is 11.2 Å². The minimum absolute atomic E-state index is 0.0605. The van der Waals surface area contributed by atoms with Crippen molar-refractivity contribution in [1.82, 2.24) is 20.5 Å². The van der Waals surface area contributed by atoms with Gasteiger partial charge in [0, 0.05) is 44.0 Å². The van der Waals surface area contributed by atoms with E-state index in [1.807, 2.05) is 39.0 Å². The number of aromatic nitrogens is 1. The SMILES string of the molecule is CN=C(NCCc1csc(-c2ccccc2)n1)N1CC[C@@H](NC(=O)OC(C)(C)C)C1. The molecule has 0 radical (unpaired) electrons. The van der Waals surface area contributed by atoms with Gasteiger partial charge in [-0.2, -0.15) is 0 Å². The van der Waals surface area contributed by atoms with Crippen molar-refractivity contribution in [2.24, 2.45) is 4.99 Å². The van der Waals surface area contributed by atoms with Crippen LogP contribution in [0, 0.1) is 0 Å². The maximum Gasteiger partial charge on any atom is 0.407 e. The number of aliphatic imine (C=N–C) groups is 1. The summed E-state index contributed by atoms with van der Waals surface area (Å²) in [7, 11) is 1.79. The van der Waals surface area contributed by atoms with Gasteiger partial charge in [-0.05, 0) is 27.2 Å². The molecule has 1 aromatic heterocycles. The number of amides is 1. The highest BCUT2D eigenvalue weighted by molar-refractivity contribution is 7.13. The Morgan fingerprint density at radius 2 is 2.10 bits per heavy atom. The van der Waals surface area contributed by atoms with E-state index in [2.05, 4.69) is 38.0 Å². The van der Waals surface area contributed by atoms with E-state index in [0.29, 0.717) is 6.54 Å². The first-order valence-electron chi connectivity index (χ1n) is 10.3. The van der Waals surface area contributed by atoms with Crippen molar-refractivity contribution in [2.75, 3.05) is 26.7 Å². The summed E-state index contributed by atoms with van der Waals surface area (Å²) >= 11 is 1.67. The third-order valence-electron chi connectivity index (χ3n) is 4.66. The molecule has 0 aliphatic carbocycles. The average molecular weight is 430 g/mol. The highest BCUT2D eigenvalue weighted by atomic mass is 32.1. The molecule has 162 valence electrons. The molecule has 1 aromatic carbocycles. The molecule has 1 atom stereocenters. The van der Waals surface area contributed by atoms with Gasteiger partial charge in [0.1, 0.15) is 10.6 Å². The van der Waals surface area contributed by atoms with Gasteiger partial charge in [-0.3, -0.25) is 4.99 Å². The van der Waals surface area contributed by atoms with E-state index >= 15 is 0 Å². The smallest absolute Gasteiger partial charge is 0.407 e. The molecular formula is C22H31N5O2S. The van der Waals surface area contributed by atoms with E-state index in [4.69, 9.17) is 9.72 Å². The van der Waals surface area contributed by atoms with Crippen molar-refractivity contribution in [1.29, 1.82) is 0 Å². The zero-order valence-corrected chi connectivity index (χ0v) is 19.0. The molecule has 1 aliphatic rings. The van der Waals surface area contributed by atoms with Gasteiger partial charge in [0.2, 0.25) is 0 Å². The molecule has 1 amide bonds. The number of ether oxygens (including phenoxy) is 1. The fourth-order valence-corrected chi connectivity index (χ4v) is 4.17. The van der Waals surface area contributed by atoms with Gasteiger partial charge in [0.05, 0.1) is 11.7 Å². The summed E-state index contributed by atoms with van der Waals surface area (Å²) in [5.74, 6) is 0.849. The number of alkyl carbamates (subject to hydrolysis) is 1. The molecule has 2 N–H and O–H groups in total. The first kappa shape index (κ1) is 22.1. The van der Waals surface area contributed by atoms with Crippen LogP contribution in [0.4, 0.5) is 4.79 Å². The van der Waals surface area contributed by atoms with E-state index in [1.165, 1.54) is 0 Å². The molecular weight excluding hydrogens is 398 g/mol. The Balaban J connectivity index is 1.44. The summed E-state index contributed by atoms with van der Waals surface area (Å²) in [6.45, 7) is 7.91. The van der Waals surface area contributed by atoms with E-state index < -0.39 is 5.60 Å². The normalized spacial score (nSPS) is 17.1. The Morgan fingerprint density at radius 3 is 2.80 bits per heavy atom. The Kier molecular flexibility index (Phi) is 7.31. The molecule has 0 spiro atoms. The molecule has 2 aromatic rings. The topological polar surface area (TPSA) is 78.9 Å². The standard InChI is InChI=1S/C22H31N5O2S/c1-22(2,3)29-21(28)26-17-11-13-27(14-17)20(23-4)24-12-10-18-15-30-19(25-18)16-8-6-5-7-9-16/h5-9,15,17H,10-14H2,1-4H3,(H,23,24)(H,26,28)/t17-/m1/s1. The number of hydrogen-bond acceptors (Lipinski definition) is 5. The second-order valence-corrected chi connectivity index (χ2v) is 9.17. The number of carbonyl (C=O) groups excluding carboxylic acids is 1. The van der Waals surface area contributed by atoms with Crippen LogP contribution in [-0.4, -0.2) is 60.3 Å². The number of likely N-dealkylation sites (tertiary alicyclic amines) is 1. The van der Waals surface area contributed by atoms with Crippen LogP contribution in [0.25, 0.3) is 10.6 Å². The third kappa shape index (κ3) is 6.45. The van der Waals surface area contributed by atoms with Crippen LogP contribution >= 0.6 is 11.3 Å². The molecule has 7 nitrogen and oxygen atoms in total. The zero-order valence-electron chi connectivity index (χ0n) is 18.1. The van der Waals surface area contributed by atoms with Crippen LogP contribution in [0.3, 0.4) is 0 Å². The zero-order chi connectivity index (χ0) is 21.6. The Morgan fingerprint density at radius 1 is 1.33 bits per heavy atom. The first-order chi connectivity index (χ1) is 14.3. The molecule has 3 rings (SSSR count). The molecule has 0 unspecified atom stereocenters. The third-order valence-corrected chi connectivity index (χ3v) is 5.60. The largest absolute Gasteiger partial charge is 0.444 e. The molecule has 1 saturated heterocycles. The average Bonchev–Trinajstić information content (AvgIpc) is 3.34. The Bertz CT molecular complexity index is 860. The van der Waals surface area contributed by atoms with Gasteiger partial charge < -0.3 is 20.3 Å². The van der Waals surface area contributed by atoms with E-state index in [1.54, 1.807) is 18.4 Å². The van der Waals surface area contributed by atoms with Crippen LogP contribution in [0.5, 0.6) is 0 Å². The second-order valence-electron chi connectivity index (χ2n) is 8.31. The lowest BCUT2D eigenvalue weighted by atomic mass is 10.2. The summed E-state index contributed by atoms with van der Waals surface area (Å²) in [6.07, 6.45) is 1.33. The Labute approximate surface area is 182 Å². The number of carbonyl (C=O) groups is 1. The van der Waals surface area contributed by atoms with Crippen molar-refractivity contribution in [3.63, 3.8) is 0 Å². The fourth-order valence-electron chi connectivity index (χ4n) is 3.31. The summed E-state index contributed by atoms with van der Waals surface area (Å²) < 4.78 is 5.35. The molecule has 8 heteroatoms. The van der Waals surface area contributed by atoms with Crippen LogP contribution in [0.15, 0.2) is 40.7 Å². The molecule has 2 heterocycles. The number of rotatable bonds is 5. The summed E-state index contributed by atoms with van der Waals surface area (Å²) in [6, 6.07) is 10.3. The summed E-state index contributed by atoms with van der Waals surface area (Å²) in [5.41, 5.74) is 1.74. The van der Waals surface area contributed by atoms with E-state index in [9.17, 15) is 4.79 Å². The van der Waals surface area contributed by atoms with E-state index in [-0.39, 0.29) is 12.1 Å². The van der Waals surface area contributed by atoms with Gasteiger partial charge in [-0.25, -0.2) is 9.78 Å². The predicted octanol–water partition coefficient (Wildman–Crippen LogP) is 3.53. The van der Waals surface area contributed by atoms with Gasteiger partial charge in [0.15, 0.2) is 5.96 Å². The highest BCUT2D eigenvalue weighted by Gasteiger charge is 2.27. The van der Waals surface area contributed by atoms with Crippen molar-refractivity contribution < 1.29 is 9.53 Å². The van der Waals surface area contributed by atoms with Crippen LogP contribution in [0.1, 0.15) is 32.9 Å². The first-order valence-corrected chi connectivity index (χ1v) is 11.2. The molecule has 1 fully saturated rings. The quantitative estimate of drug-likeness (QED) is 0.562. The molecule has 0 bridgehead atoms. The maximum absolute atomic E-state index is 12.0. The predicted molar refractivity (Wildman–Crippen MR) is 122 cm³/mol. The summed E-state index contributed by atoms with van der Waals surface area (Å²) in [4.78, 5) is 23.3. The number of thiazole rings is 1. The van der Waals surface area contributed by atoms with Crippen LogP contribution in [0.2, 0.25) is 0 Å². The monoisotopic (exact) mass is 429 g/mol. The second kappa shape index (κ2) is 9.93. The number of nitrogens with zero attached hydrogens (tertiary/aromatic N) is 3. The summed E-state index contributed by atoms with van der Waals surface area (Å²) in [5, 5.41) is 9.53. The number of hydrogen-bond donors (Lipinski definition) is 2. The number of nitrogens with one attached hydrogen (secondary N) is 2. The minimum atomic E-state index is -0.490. The van der Waals surface area contributed by atoms with Crippen LogP contribution < -0.4 is 10.6 Å². The van der Waals surface area contributed by atoms with Gasteiger partial charge in [-0.1, -0.05) is 30.3 Å². The molecule has 1 aliphatic heterocycles. The maximum atomic E-state index is 12.0. The van der Waals surface area contributed by atoms with Gasteiger partial charge in [0.25, 0.3) is 0 Å². The minimum Gasteiger partial charge on any atom is -0.444 e. The molecule has 30 heavy (non-hydrogen) atoms. The lowest BCUT2D eigenvalue weighted by Crippen LogP contribution is -2.44. The fraction of sp³-hybridized carbons (Fsp3) is 0.500. The van der Waals surface area contributed by atoms with E-state index in [0.717, 1.165) is 48.2 Å². The van der Waals surface area contributed by atoms with Crippen molar-refractivity contribution >= 4 is 23.4 Å². The van der Waals surface area contributed by atoms with Crippen molar-refractivity contribution in [3.05, 3.63) is 41.4 Å². The highest BCUT2D eigenvalue weighted by Crippen LogP contribution is 2.23. The number of guanidine groups is 1. The Hall–Kier alpha value is -2.61. The lowest BCUT2D eigenvalue weighted by Gasteiger charge is -2.23.